The van der Waals surface area contributed by atoms with Crippen molar-refractivity contribution in [1.82, 2.24) is 9.97 Å². The van der Waals surface area contributed by atoms with Gasteiger partial charge in [-0.05, 0) is 19.4 Å². The Bertz CT molecular complexity index is 700. The lowest BCUT2D eigenvalue weighted by molar-refractivity contribution is -0.138. The molecule has 1 fully saturated rings. The van der Waals surface area contributed by atoms with Crippen molar-refractivity contribution in [2.24, 2.45) is 0 Å². The number of fused-ring (bicyclic) bond motifs is 1. The second-order valence-electron chi connectivity index (χ2n) is 5.26. The quantitative estimate of drug-likeness (QED) is 0.934. The normalized spacial score (nSPS) is 22.1. The number of methoxy groups -OCH3 is 1. The van der Waals surface area contributed by atoms with Crippen LogP contribution >= 0.6 is 11.3 Å². The number of nitrogens with zero attached hydrogens (tertiary/aromatic N) is 3. The van der Waals surface area contributed by atoms with Crippen LogP contribution in [0.15, 0.2) is 6.33 Å². The molecule has 1 aliphatic heterocycles. The maximum absolute atomic E-state index is 11.5. The van der Waals surface area contributed by atoms with Crippen LogP contribution < -0.4 is 4.90 Å². The van der Waals surface area contributed by atoms with E-state index in [-0.39, 0.29) is 6.10 Å². The van der Waals surface area contributed by atoms with E-state index in [0.717, 1.165) is 15.8 Å². The largest absolute Gasteiger partial charge is 0.480 e. The smallest absolute Gasteiger partial charge is 0.326 e. The summed E-state index contributed by atoms with van der Waals surface area (Å²) in [5.41, 5.74) is 1.12. The third-order valence-electron chi connectivity index (χ3n) is 4.10. The fraction of sp³-hybridized carbons (Fsp3) is 0.500. The number of ether oxygens (including phenoxy) is 1. The van der Waals surface area contributed by atoms with Crippen LogP contribution in [0.1, 0.15) is 16.9 Å². The van der Waals surface area contributed by atoms with Gasteiger partial charge in [0.05, 0.1) is 11.5 Å². The lowest BCUT2D eigenvalue weighted by atomic mass is 10.2. The number of carboxylic acids is 1. The molecule has 0 radical (unpaired) electrons. The summed E-state index contributed by atoms with van der Waals surface area (Å²) >= 11 is 1.61. The summed E-state index contributed by atoms with van der Waals surface area (Å²) in [5, 5.41) is 10.4. The van der Waals surface area contributed by atoms with E-state index >= 15 is 0 Å². The van der Waals surface area contributed by atoms with Crippen LogP contribution in [-0.4, -0.2) is 46.8 Å². The van der Waals surface area contributed by atoms with Crippen LogP contribution in [0.3, 0.4) is 0 Å². The molecule has 7 heteroatoms. The number of anilines is 1. The fourth-order valence-electron chi connectivity index (χ4n) is 2.82. The molecule has 2 aromatic rings. The number of hydrogen-bond acceptors (Lipinski definition) is 6. The van der Waals surface area contributed by atoms with Crippen molar-refractivity contribution in [2.75, 3.05) is 18.6 Å². The van der Waals surface area contributed by atoms with Gasteiger partial charge in [0.2, 0.25) is 0 Å². The molecule has 0 saturated carbocycles. The Morgan fingerprint density at radius 2 is 2.24 bits per heavy atom. The van der Waals surface area contributed by atoms with E-state index in [4.69, 9.17) is 4.74 Å². The second kappa shape index (κ2) is 5.23. The SMILES string of the molecule is COC1CC(C(=O)O)N(c2ncnc3sc(C)c(C)c23)C1. The topological polar surface area (TPSA) is 75.6 Å². The van der Waals surface area contributed by atoms with Crippen molar-refractivity contribution >= 4 is 33.3 Å². The van der Waals surface area contributed by atoms with E-state index in [0.29, 0.717) is 18.8 Å². The highest BCUT2D eigenvalue weighted by Gasteiger charge is 2.38. The van der Waals surface area contributed by atoms with Gasteiger partial charge in [0, 0.05) is 25.0 Å². The van der Waals surface area contributed by atoms with Gasteiger partial charge in [-0.1, -0.05) is 0 Å². The zero-order valence-corrected chi connectivity index (χ0v) is 13.0. The van der Waals surface area contributed by atoms with Crippen molar-refractivity contribution in [3.8, 4) is 0 Å². The molecule has 0 aliphatic carbocycles. The van der Waals surface area contributed by atoms with Gasteiger partial charge >= 0.3 is 5.97 Å². The molecule has 0 aromatic carbocycles. The molecule has 3 rings (SSSR count). The summed E-state index contributed by atoms with van der Waals surface area (Å²) < 4.78 is 5.34. The Kier molecular flexibility index (Phi) is 3.54. The molecule has 2 unspecified atom stereocenters. The molecule has 0 bridgehead atoms. The predicted molar refractivity (Wildman–Crippen MR) is 81.1 cm³/mol. The standard InChI is InChI=1S/C14H17N3O3S/c1-7-8(2)21-13-11(7)12(15-6-16-13)17-5-9(20-3)4-10(17)14(18)19/h6,9-10H,4-5H2,1-3H3,(H,18,19). The van der Waals surface area contributed by atoms with Crippen LogP contribution in [-0.2, 0) is 9.53 Å². The van der Waals surface area contributed by atoms with Crippen molar-refractivity contribution in [3.63, 3.8) is 0 Å². The molecule has 1 aliphatic rings. The highest BCUT2D eigenvalue weighted by Crippen LogP contribution is 2.37. The van der Waals surface area contributed by atoms with E-state index in [1.165, 1.54) is 11.2 Å². The maximum Gasteiger partial charge on any atom is 0.326 e. The third-order valence-corrected chi connectivity index (χ3v) is 5.21. The molecule has 112 valence electrons. The molecule has 0 spiro atoms. The molecule has 0 amide bonds. The molecular weight excluding hydrogens is 290 g/mol. The van der Waals surface area contributed by atoms with Crippen LogP contribution in [0, 0.1) is 13.8 Å². The highest BCUT2D eigenvalue weighted by atomic mass is 32.1. The van der Waals surface area contributed by atoms with Gasteiger partial charge in [-0.3, -0.25) is 0 Å². The number of carboxylic acid groups (broad SMARTS) is 1. The van der Waals surface area contributed by atoms with Crippen molar-refractivity contribution < 1.29 is 14.6 Å². The van der Waals surface area contributed by atoms with Crippen molar-refractivity contribution in [3.05, 3.63) is 16.8 Å². The fourth-order valence-corrected chi connectivity index (χ4v) is 3.81. The molecule has 2 aromatic heterocycles. The monoisotopic (exact) mass is 307 g/mol. The number of thiophene rings is 1. The van der Waals surface area contributed by atoms with Crippen LogP contribution in [0.5, 0.6) is 0 Å². The minimum absolute atomic E-state index is 0.0869. The van der Waals surface area contributed by atoms with Gasteiger partial charge in [0.1, 0.15) is 23.0 Å². The number of rotatable bonds is 3. The molecule has 2 atom stereocenters. The lowest BCUT2D eigenvalue weighted by Crippen LogP contribution is -2.36. The van der Waals surface area contributed by atoms with E-state index in [2.05, 4.69) is 9.97 Å². The van der Waals surface area contributed by atoms with Crippen LogP contribution in [0.4, 0.5) is 5.82 Å². The van der Waals surface area contributed by atoms with Crippen molar-refractivity contribution in [2.45, 2.75) is 32.4 Å². The van der Waals surface area contributed by atoms with Gasteiger partial charge < -0.3 is 14.7 Å². The Morgan fingerprint density at radius 1 is 1.48 bits per heavy atom. The summed E-state index contributed by atoms with van der Waals surface area (Å²) in [6.45, 7) is 4.61. The maximum atomic E-state index is 11.5. The van der Waals surface area contributed by atoms with Gasteiger partial charge in [0.25, 0.3) is 0 Å². The zero-order valence-electron chi connectivity index (χ0n) is 12.2. The molecule has 1 N–H and O–H groups in total. The van der Waals surface area contributed by atoms with E-state index in [1.54, 1.807) is 18.4 Å². The third kappa shape index (κ3) is 2.26. The van der Waals surface area contributed by atoms with Gasteiger partial charge in [-0.2, -0.15) is 0 Å². The Balaban J connectivity index is 2.12. The average Bonchev–Trinajstić information content (AvgIpc) is 3.01. The summed E-state index contributed by atoms with van der Waals surface area (Å²) in [6, 6.07) is -0.604. The average molecular weight is 307 g/mol. The first-order chi connectivity index (χ1) is 10.0. The van der Waals surface area contributed by atoms with Crippen LogP contribution in [0.2, 0.25) is 0 Å². The Hall–Kier alpha value is -1.73. The predicted octanol–water partition coefficient (Wildman–Crippen LogP) is 1.99. The first-order valence-electron chi connectivity index (χ1n) is 6.75. The number of hydrogen-bond donors (Lipinski definition) is 1. The second-order valence-corrected chi connectivity index (χ2v) is 6.46. The first-order valence-corrected chi connectivity index (χ1v) is 7.57. The summed E-state index contributed by atoms with van der Waals surface area (Å²) in [5.74, 6) is -0.139. The number of carbonyl (C=O) groups is 1. The molecular formula is C14H17N3O3S. The molecule has 3 heterocycles. The lowest BCUT2D eigenvalue weighted by Gasteiger charge is -2.23. The zero-order chi connectivity index (χ0) is 15.1. The molecule has 1 saturated heterocycles. The summed E-state index contributed by atoms with van der Waals surface area (Å²) in [4.78, 5) is 24.1. The van der Waals surface area contributed by atoms with E-state index in [1.807, 2.05) is 18.7 Å². The first kappa shape index (κ1) is 14.2. The highest BCUT2D eigenvalue weighted by molar-refractivity contribution is 7.18. The molecule has 21 heavy (non-hydrogen) atoms. The number of aliphatic carboxylic acids is 1. The van der Waals surface area contributed by atoms with Crippen molar-refractivity contribution in [1.29, 1.82) is 0 Å². The van der Waals surface area contributed by atoms with E-state index < -0.39 is 12.0 Å². The minimum Gasteiger partial charge on any atom is -0.480 e. The number of aromatic nitrogens is 2. The van der Waals surface area contributed by atoms with Crippen LogP contribution in [0.25, 0.3) is 10.2 Å². The number of aryl methyl sites for hydroxylation is 2. The van der Waals surface area contributed by atoms with Gasteiger partial charge in [-0.15, -0.1) is 11.3 Å². The minimum atomic E-state index is -0.842. The Morgan fingerprint density at radius 3 is 2.90 bits per heavy atom. The van der Waals surface area contributed by atoms with Gasteiger partial charge in [-0.25, -0.2) is 14.8 Å². The summed E-state index contributed by atoms with van der Waals surface area (Å²) in [7, 11) is 1.61. The summed E-state index contributed by atoms with van der Waals surface area (Å²) in [6.07, 6.45) is 1.89. The Labute approximate surface area is 126 Å². The van der Waals surface area contributed by atoms with Gasteiger partial charge in [0.15, 0.2) is 0 Å². The van der Waals surface area contributed by atoms with E-state index in [9.17, 15) is 9.90 Å². The molecule has 6 nitrogen and oxygen atoms in total.